The van der Waals surface area contributed by atoms with Crippen molar-refractivity contribution < 1.29 is 9.84 Å². The Kier molecular flexibility index (Phi) is 4.62. The monoisotopic (exact) mass is 290 g/mol. The van der Waals surface area contributed by atoms with E-state index in [0.717, 1.165) is 21.8 Å². The number of rotatable bonds is 4. The number of ether oxygens (including phenoxy) is 1. The molecule has 2 aromatic rings. The highest BCUT2D eigenvalue weighted by molar-refractivity contribution is 7.99. The normalized spacial score (nSPS) is 12.2. The molecule has 1 aromatic carbocycles. The molecule has 0 amide bonds. The molecule has 4 nitrogen and oxygen atoms in total. The van der Waals surface area contributed by atoms with Gasteiger partial charge in [-0.05, 0) is 50.7 Å². The van der Waals surface area contributed by atoms with Crippen LogP contribution in [-0.2, 0) is 0 Å². The number of aliphatic hydroxyl groups excluding tert-OH is 1. The zero-order chi connectivity index (χ0) is 14.7. The van der Waals surface area contributed by atoms with E-state index in [9.17, 15) is 5.11 Å². The minimum Gasteiger partial charge on any atom is -0.496 e. The summed E-state index contributed by atoms with van der Waals surface area (Å²) >= 11 is 1.44. The SMILES string of the molecule is COc1cccc(Sc2nc(C)cc(C)n2)c1[C@@H](C)O. The summed E-state index contributed by atoms with van der Waals surface area (Å²) in [6.45, 7) is 5.62. The van der Waals surface area contributed by atoms with Crippen LogP contribution in [0, 0.1) is 13.8 Å². The van der Waals surface area contributed by atoms with Crippen molar-refractivity contribution in [3.05, 3.63) is 41.2 Å². The van der Waals surface area contributed by atoms with Gasteiger partial charge in [0.1, 0.15) is 5.75 Å². The van der Waals surface area contributed by atoms with Gasteiger partial charge in [-0.2, -0.15) is 0 Å². The first kappa shape index (κ1) is 14.8. The molecule has 106 valence electrons. The Labute approximate surface area is 123 Å². The van der Waals surface area contributed by atoms with Crippen molar-refractivity contribution in [1.29, 1.82) is 0 Å². The molecule has 0 unspecified atom stereocenters. The van der Waals surface area contributed by atoms with Crippen molar-refractivity contribution in [2.75, 3.05) is 7.11 Å². The lowest BCUT2D eigenvalue weighted by Gasteiger charge is -2.15. The number of methoxy groups -OCH3 is 1. The topological polar surface area (TPSA) is 55.2 Å². The van der Waals surface area contributed by atoms with Crippen LogP contribution in [0.1, 0.15) is 30.0 Å². The van der Waals surface area contributed by atoms with Crippen LogP contribution >= 0.6 is 11.8 Å². The van der Waals surface area contributed by atoms with Gasteiger partial charge < -0.3 is 9.84 Å². The molecule has 0 saturated heterocycles. The van der Waals surface area contributed by atoms with Gasteiger partial charge in [-0.25, -0.2) is 9.97 Å². The molecule has 1 atom stereocenters. The Balaban J connectivity index is 2.42. The Morgan fingerprint density at radius 1 is 1.20 bits per heavy atom. The van der Waals surface area contributed by atoms with Crippen molar-refractivity contribution >= 4 is 11.8 Å². The van der Waals surface area contributed by atoms with Gasteiger partial charge >= 0.3 is 0 Å². The van der Waals surface area contributed by atoms with E-state index in [2.05, 4.69) is 9.97 Å². The number of benzene rings is 1. The number of aryl methyl sites for hydroxylation is 2. The summed E-state index contributed by atoms with van der Waals surface area (Å²) in [7, 11) is 1.60. The van der Waals surface area contributed by atoms with Crippen LogP contribution in [0.5, 0.6) is 5.75 Å². The minimum absolute atomic E-state index is 0.612. The van der Waals surface area contributed by atoms with E-state index in [1.165, 1.54) is 11.8 Å². The first-order valence-electron chi connectivity index (χ1n) is 6.36. The van der Waals surface area contributed by atoms with Crippen LogP contribution in [0.3, 0.4) is 0 Å². The minimum atomic E-state index is -0.612. The number of nitrogens with zero attached hydrogens (tertiary/aromatic N) is 2. The van der Waals surface area contributed by atoms with E-state index in [4.69, 9.17) is 4.74 Å². The molecule has 0 fully saturated rings. The van der Waals surface area contributed by atoms with Crippen LogP contribution in [0.4, 0.5) is 0 Å². The summed E-state index contributed by atoms with van der Waals surface area (Å²) < 4.78 is 5.32. The lowest BCUT2D eigenvalue weighted by atomic mass is 10.1. The third-order valence-corrected chi connectivity index (χ3v) is 3.77. The Bertz CT molecular complexity index is 595. The maximum Gasteiger partial charge on any atom is 0.192 e. The van der Waals surface area contributed by atoms with Crippen molar-refractivity contribution in [2.45, 2.75) is 36.9 Å². The van der Waals surface area contributed by atoms with Gasteiger partial charge in [0.05, 0.1) is 13.2 Å². The van der Waals surface area contributed by atoms with Gasteiger partial charge in [-0.3, -0.25) is 0 Å². The second-order valence-corrected chi connectivity index (χ2v) is 5.59. The van der Waals surface area contributed by atoms with Crippen LogP contribution < -0.4 is 4.74 Å². The second kappa shape index (κ2) is 6.24. The van der Waals surface area contributed by atoms with Gasteiger partial charge in [0.25, 0.3) is 0 Å². The lowest BCUT2D eigenvalue weighted by Crippen LogP contribution is -2.00. The summed E-state index contributed by atoms with van der Waals surface area (Å²) in [6, 6.07) is 7.62. The highest BCUT2D eigenvalue weighted by atomic mass is 32.2. The largest absolute Gasteiger partial charge is 0.496 e. The summed E-state index contributed by atoms with van der Waals surface area (Å²) in [5.74, 6) is 0.675. The van der Waals surface area contributed by atoms with Crippen molar-refractivity contribution in [2.24, 2.45) is 0 Å². The van der Waals surface area contributed by atoms with Crippen molar-refractivity contribution in [3.63, 3.8) is 0 Å². The van der Waals surface area contributed by atoms with Crippen molar-refractivity contribution in [1.82, 2.24) is 9.97 Å². The molecule has 0 aliphatic heterocycles. The highest BCUT2D eigenvalue weighted by Crippen LogP contribution is 2.37. The maximum absolute atomic E-state index is 9.97. The van der Waals surface area contributed by atoms with Gasteiger partial charge in [-0.1, -0.05) is 6.07 Å². The van der Waals surface area contributed by atoms with E-state index in [0.29, 0.717) is 10.9 Å². The van der Waals surface area contributed by atoms with Gasteiger partial charge in [0.15, 0.2) is 5.16 Å². The summed E-state index contributed by atoms with van der Waals surface area (Å²) in [5, 5.41) is 10.6. The predicted octanol–water partition coefficient (Wildman–Crippen LogP) is 3.31. The first-order valence-corrected chi connectivity index (χ1v) is 7.18. The zero-order valence-electron chi connectivity index (χ0n) is 12.0. The maximum atomic E-state index is 9.97. The molecular weight excluding hydrogens is 272 g/mol. The van der Waals surface area contributed by atoms with Gasteiger partial charge in [0.2, 0.25) is 0 Å². The molecule has 1 heterocycles. The fraction of sp³-hybridized carbons (Fsp3) is 0.333. The molecule has 5 heteroatoms. The second-order valence-electron chi connectivity index (χ2n) is 4.58. The molecule has 2 rings (SSSR count). The van der Waals surface area contributed by atoms with Crippen molar-refractivity contribution in [3.8, 4) is 5.75 Å². The fourth-order valence-electron chi connectivity index (χ4n) is 2.04. The van der Waals surface area contributed by atoms with E-state index >= 15 is 0 Å². The molecule has 0 radical (unpaired) electrons. The lowest BCUT2D eigenvalue weighted by molar-refractivity contribution is 0.191. The van der Waals surface area contributed by atoms with Crippen LogP contribution in [-0.4, -0.2) is 22.2 Å². The fourth-order valence-corrected chi connectivity index (χ4v) is 3.14. The molecule has 20 heavy (non-hydrogen) atoms. The average molecular weight is 290 g/mol. The third-order valence-electron chi connectivity index (χ3n) is 2.83. The molecule has 0 saturated carbocycles. The van der Waals surface area contributed by atoms with Crippen LogP contribution in [0.15, 0.2) is 34.3 Å². The Morgan fingerprint density at radius 2 is 1.85 bits per heavy atom. The number of hydrogen-bond acceptors (Lipinski definition) is 5. The Hall–Kier alpha value is -1.59. The number of aromatic nitrogens is 2. The first-order chi connectivity index (χ1) is 9.51. The molecule has 0 spiro atoms. The number of aliphatic hydroxyl groups is 1. The highest BCUT2D eigenvalue weighted by Gasteiger charge is 2.16. The zero-order valence-corrected chi connectivity index (χ0v) is 12.9. The molecule has 0 bridgehead atoms. The predicted molar refractivity (Wildman–Crippen MR) is 79.3 cm³/mol. The standard InChI is InChI=1S/C15H18N2O2S/c1-9-8-10(2)17-15(16-9)20-13-7-5-6-12(19-4)14(13)11(3)18/h5-8,11,18H,1-4H3/t11-/m1/s1. The van der Waals surface area contributed by atoms with E-state index in [-0.39, 0.29) is 0 Å². The van der Waals surface area contributed by atoms with Crippen LogP contribution in [0.2, 0.25) is 0 Å². The van der Waals surface area contributed by atoms with E-state index < -0.39 is 6.10 Å². The number of hydrogen-bond donors (Lipinski definition) is 1. The molecule has 0 aliphatic rings. The van der Waals surface area contributed by atoms with Gasteiger partial charge in [0, 0.05) is 21.8 Å². The van der Waals surface area contributed by atoms with E-state index in [1.54, 1.807) is 14.0 Å². The molecule has 0 aliphatic carbocycles. The molecule has 1 aromatic heterocycles. The quantitative estimate of drug-likeness (QED) is 0.876. The summed E-state index contributed by atoms with van der Waals surface area (Å²) in [4.78, 5) is 9.74. The van der Waals surface area contributed by atoms with Gasteiger partial charge in [-0.15, -0.1) is 0 Å². The smallest absolute Gasteiger partial charge is 0.192 e. The summed E-state index contributed by atoms with van der Waals surface area (Å²) in [6.07, 6.45) is -0.612. The Morgan fingerprint density at radius 3 is 2.40 bits per heavy atom. The third kappa shape index (κ3) is 3.29. The molecular formula is C15H18N2O2S. The van der Waals surface area contributed by atoms with Crippen LogP contribution in [0.25, 0.3) is 0 Å². The summed E-state index contributed by atoms with van der Waals surface area (Å²) in [5.41, 5.74) is 2.63. The van der Waals surface area contributed by atoms with E-state index in [1.807, 2.05) is 38.1 Å². The average Bonchev–Trinajstić information content (AvgIpc) is 2.36. The molecule has 1 N–H and O–H groups in total.